The topological polar surface area (TPSA) is 82.9 Å². The monoisotopic (exact) mass is 422 g/mol. The number of rotatable bonds is 6. The highest BCUT2D eigenvalue weighted by molar-refractivity contribution is 8.14. The first-order valence-corrected chi connectivity index (χ1v) is 12.2. The van der Waals surface area contributed by atoms with Crippen LogP contribution in [-0.2, 0) is 16.4 Å². The predicted molar refractivity (Wildman–Crippen MR) is 116 cm³/mol. The zero-order chi connectivity index (χ0) is 19.4. The number of hydrazone groups is 1. The lowest BCUT2D eigenvalue weighted by Crippen LogP contribution is -2.24. The van der Waals surface area contributed by atoms with Gasteiger partial charge in [0.15, 0.2) is 5.17 Å². The van der Waals surface area contributed by atoms with Gasteiger partial charge in [0.25, 0.3) is 0 Å². The Kier molecular flexibility index (Phi) is 6.36. The summed E-state index contributed by atoms with van der Waals surface area (Å²) in [6.07, 6.45) is 1.84. The zero-order valence-electron chi connectivity index (χ0n) is 15.4. The Morgan fingerprint density at radius 1 is 1.26 bits per heavy atom. The summed E-state index contributed by atoms with van der Waals surface area (Å²) in [5.74, 6) is 0.748. The number of aryl methyl sites for hydroxylation is 1. The molecule has 6 nitrogen and oxygen atoms in total. The number of amidine groups is 1. The van der Waals surface area contributed by atoms with E-state index in [2.05, 4.69) is 40.2 Å². The molecule has 2 heterocycles. The standard InChI is InChI=1S/C18H22N4O2S3/c1-12-5-4-6-15(13(12)2)20-18-22-21-16(11-25-18)17-8-7-14(26-17)9-10-19-27(3,23)24/h4-8,19H,9-11H2,1-3H3,(H,20,22). The van der Waals surface area contributed by atoms with Crippen LogP contribution in [0, 0.1) is 13.8 Å². The quantitative estimate of drug-likeness (QED) is 0.749. The fourth-order valence-electron chi connectivity index (χ4n) is 2.49. The Labute approximate surface area is 168 Å². The van der Waals surface area contributed by atoms with Crippen LogP contribution in [0.4, 0.5) is 5.69 Å². The van der Waals surface area contributed by atoms with Gasteiger partial charge in [-0.2, -0.15) is 5.10 Å². The number of thioether (sulfide) groups is 1. The van der Waals surface area contributed by atoms with E-state index < -0.39 is 10.0 Å². The molecule has 0 amide bonds. The van der Waals surface area contributed by atoms with Crippen molar-refractivity contribution in [3.8, 4) is 0 Å². The van der Waals surface area contributed by atoms with Gasteiger partial charge in [-0.15, -0.1) is 11.3 Å². The Bertz CT molecular complexity index is 994. The highest BCUT2D eigenvalue weighted by atomic mass is 32.2. The highest BCUT2D eigenvalue weighted by Crippen LogP contribution is 2.25. The average Bonchev–Trinajstić information content (AvgIpc) is 3.07. The van der Waals surface area contributed by atoms with E-state index in [0.29, 0.717) is 13.0 Å². The first-order valence-electron chi connectivity index (χ1n) is 8.46. The van der Waals surface area contributed by atoms with E-state index >= 15 is 0 Å². The molecule has 0 fully saturated rings. The maximum Gasteiger partial charge on any atom is 0.208 e. The van der Waals surface area contributed by atoms with E-state index in [0.717, 1.165) is 32.1 Å². The first kappa shape index (κ1) is 20.1. The second-order valence-corrected chi connectivity index (χ2v) is 10.2. The van der Waals surface area contributed by atoms with Gasteiger partial charge in [-0.1, -0.05) is 23.9 Å². The minimum atomic E-state index is -3.14. The van der Waals surface area contributed by atoms with Crippen molar-refractivity contribution >= 4 is 49.7 Å². The lowest BCUT2D eigenvalue weighted by molar-refractivity contribution is 0.588. The van der Waals surface area contributed by atoms with Crippen LogP contribution in [0.3, 0.4) is 0 Å². The molecule has 0 bridgehead atoms. The number of thiophene rings is 1. The molecule has 0 radical (unpaired) electrons. The molecule has 3 rings (SSSR count). The molecule has 2 N–H and O–H groups in total. The van der Waals surface area contributed by atoms with E-state index in [1.807, 2.05) is 24.3 Å². The van der Waals surface area contributed by atoms with E-state index in [1.54, 1.807) is 23.1 Å². The van der Waals surface area contributed by atoms with Crippen molar-refractivity contribution in [3.63, 3.8) is 0 Å². The van der Waals surface area contributed by atoms with Crippen LogP contribution in [0.15, 0.2) is 40.4 Å². The van der Waals surface area contributed by atoms with Gasteiger partial charge < -0.3 is 0 Å². The molecule has 2 aromatic rings. The summed E-state index contributed by atoms with van der Waals surface area (Å²) in [5.41, 5.74) is 7.38. The SMILES string of the molecule is Cc1cccc(N=C2NN=C(c3ccc(CCNS(C)(=O)=O)s3)CS2)c1C. The van der Waals surface area contributed by atoms with Gasteiger partial charge in [-0.3, -0.25) is 5.43 Å². The summed E-state index contributed by atoms with van der Waals surface area (Å²) < 4.78 is 24.8. The lowest BCUT2D eigenvalue weighted by atomic mass is 10.1. The summed E-state index contributed by atoms with van der Waals surface area (Å²) in [7, 11) is -3.14. The molecule has 1 aromatic carbocycles. The van der Waals surface area contributed by atoms with E-state index in [9.17, 15) is 8.42 Å². The van der Waals surface area contributed by atoms with Gasteiger partial charge in [0, 0.05) is 17.2 Å². The average molecular weight is 423 g/mol. The van der Waals surface area contributed by atoms with E-state index in [1.165, 1.54) is 17.4 Å². The Morgan fingerprint density at radius 3 is 2.78 bits per heavy atom. The third-order valence-corrected chi connectivity index (χ3v) is 6.91. The van der Waals surface area contributed by atoms with Gasteiger partial charge in [0.1, 0.15) is 0 Å². The summed E-state index contributed by atoms with van der Waals surface area (Å²) >= 11 is 3.27. The molecular formula is C18H22N4O2S3. The van der Waals surface area contributed by atoms with Gasteiger partial charge in [0.05, 0.1) is 22.5 Å². The number of nitrogens with one attached hydrogen (secondary N) is 2. The molecule has 0 unspecified atom stereocenters. The summed E-state index contributed by atoms with van der Waals surface area (Å²) in [5, 5.41) is 5.27. The number of sulfonamides is 1. The van der Waals surface area contributed by atoms with Crippen LogP contribution in [-0.4, -0.2) is 37.9 Å². The fraction of sp³-hybridized carbons (Fsp3) is 0.333. The van der Waals surface area contributed by atoms with Gasteiger partial charge >= 0.3 is 0 Å². The molecule has 0 saturated heterocycles. The van der Waals surface area contributed by atoms with Crippen LogP contribution in [0.2, 0.25) is 0 Å². The molecule has 0 saturated carbocycles. The molecule has 0 spiro atoms. The molecule has 1 aliphatic heterocycles. The Balaban J connectivity index is 1.64. The van der Waals surface area contributed by atoms with Gasteiger partial charge in [0.2, 0.25) is 10.0 Å². The molecule has 1 aliphatic rings. The molecule has 144 valence electrons. The maximum absolute atomic E-state index is 11.1. The normalized spacial score (nSPS) is 16.3. The van der Waals surface area contributed by atoms with Crippen LogP contribution in [0.1, 0.15) is 20.9 Å². The maximum atomic E-state index is 11.1. The number of nitrogens with zero attached hydrogens (tertiary/aromatic N) is 2. The van der Waals surface area contributed by atoms with Gasteiger partial charge in [-0.25, -0.2) is 18.1 Å². The number of aliphatic imine (C=N–C) groups is 1. The van der Waals surface area contributed by atoms with Crippen molar-refractivity contribution in [2.24, 2.45) is 10.1 Å². The zero-order valence-corrected chi connectivity index (χ0v) is 17.9. The van der Waals surface area contributed by atoms with Crippen LogP contribution in [0.5, 0.6) is 0 Å². The minimum Gasteiger partial charge on any atom is -0.255 e. The smallest absolute Gasteiger partial charge is 0.208 e. The van der Waals surface area contributed by atoms with Crippen molar-refractivity contribution in [2.75, 3.05) is 18.6 Å². The van der Waals surface area contributed by atoms with Crippen molar-refractivity contribution in [3.05, 3.63) is 51.2 Å². The molecule has 0 aliphatic carbocycles. The van der Waals surface area contributed by atoms with Crippen LogP contribution in [0.25, 0.3) is 0 Å². The highest BCUT2D eigenvalue weighted by Gasteiger charge is 2.15. The minimum absolute atomic E-state index is 0.408. The Morgan fingerprint density at radius 2 is 2.07 bits per heavy atom. The Hall–Kier alpha value is -1.68. The lowest BCUT2D eigenvalue weighted by Gasteiger charge is -2.14. The van der Waals surface area contributed by atoms with Crippen molar-refractivity contribution in [1.82, 2.24) is 10.1 Å². The fourth-order valence-corrected chi connectivity index (χ4v) is 4.82. The molecule has 27 heavy (non-hydrogen) atoms. The van der Waals surface area contributed by atoms with Gasteiger partial charge in [-0.05, 0) is 49.6 Å². The molecule has 0 atom stereocenters. The van der Waals surface area contributed by atoms with E-state index in [4.69, 9.17) is 0 Å². The van der Waals surface area contributed by atoms with Crippen LogP contribution < -0.4 is 10.1 Å². The first-order chi connectivity index (χ1) is 12.8. The van der Waals surface area contributed by atoms with Crippen LogP contribution >= 0.6 is 23.1 Å². The number of hydrogen-bond donors (Lipinski definition) is 2. The van der Waals surface area contributed by atoms with E-state index in [-0.39, 0.29) is 0 Å². The summed E-state index contributed by atoms with van der Waals surface area (Å²) in [6, 6.07) is 10.2. The predicted octanol–water partition coefficient (Wildman–Crippen LogP) is 3.18. The molecule has 9 heteroatoms. The third kappa shape index (κ3) is 5.65. The van der Waals surface area contributed by atoms with Crippen molar-refractivity contribution in [2.45, 2.75) is 20.3 Å². The number of hydrogen-bond acceptors (Lipinski definition) is 6. The molecular weight excluding hydrogens is 400 g/mol. The largest absolute Gasteiger partial charge is 0.255 e. The summed E-state index contributed by atoms with van der Waals surface area (Å²) in [6.45, 7) is 4.56. The van der Waals surface area contributed by atoms with Crippen molar-refractivity contribution in [1.29, 1.82) is 0 Å². The second kappa shape index (κ2) is 8.55. The number of benzene rings is 1. The summed E-state index contributed by atoms with van der Waals surface area (Å²) in [4.78, 5) is 6.90. The second-order valence-electron chi connectivity index (χ2n) is 6.28. The third-order valence-electron chi connectivity index (χ3n) is 4.11. The molecule has 1 aromatic heterocycles. The van der Waals surface area contributed by atoms with Crippen molar-refractivity contribution < 1.29 is 8.42 Å².